The van der Waals surface area contributed by atoms with Crippen molar-refractivity contribution < 1.29 is 8.78 Å². The number of rotatable bonds is 3. The average Bonchev–Trinajstić information content (AvgIpc) is 2.18. The summed E-state index contributed by atoms with van der Waals surface area (Å²) >= 11 is 0. The zero-order valence-electron chi connectivity index (χ0n) is 8.10. The van der Waals surface area contributed by atoms with E-state index in [1.54, 1.807) is 0 Å². The maximum atomic E-state index is 13.2. The molecule has 0 spiro atoms. The van der Waals surface area contributed by atoms with Crippen molar-refractivity contribution in [1.82, 2.24) is 4.90 Å². The average molecular weight is 192 g/mol. The lowest BCUT2D eigenvalue weighted by Gasteiger charge is -2.35. The molecule has 1 rings (SSSR count). The van der Waals surface area contributed by atoms with Crippen molar-refractivity contribution in [2.75, 3.05) is 26.2 Å². The molecule has 1 atom stereocenters. The molecule has 0 aromatic heterocycles. The Hall–Kier alpha value is -0.220. The van der Waals surface area contributed by atoms with E-state index in [0.717, 1.165) is 19.5 Å². The minimum Gasteiger partial charge on any atom is -0.325 e. The monoisotopic (exact) mass is 192 g/mol. The second-order valence-electron chi connectivity index (χ2n) is 3.70. The summed E-state index contributed by atoms with van der Waals surface area (Å²) in [4.78, 5) is 2.07. The van der Waals surface area contributed by atoms with Gasteiger partial charge in [0, 0.05) is 12.5 Å². The van der Waals surface area contributed by atoms with Crippen LogP contribution >= 0.6 is 0 Å². The molecule has 0 bridgehead atoms. The van der Waals surface area contributed by atoms with Gasteiger partial charge in [-0.3, -0.25) is 0 Å². The normalized spacial score (nSPS) is 26.3. The van der Waals surface area contributed by atoms with Crippen LogP contribution in [0.25, 0.3) is 0 Å². The van der Waals surface area contributed by atoms with Crippen LogP contribution in [0.3, 0.4) is 0 Å². The van der Waals surface area contributed by atoms with Crippen LogP contribution in [0, 0.1) is 5.92 Å². The summed E-state index contributed by atoms with van der Waals surface area (Å²) in [5.41, 5.74) is 5.06. The van der Waals surface area contributed by atoms with Gasteiger partial charge < -0.3 is 10.6 Å². The molecule has 0 aliphatic carbocycles. The Bertz CT molecular complexity index is 162. The summed E-state index contributed by atoms with van der Waals surface area (Å²) in [6, 6.07) is 0. The highest BCUT2D eigenvalue weighted by molar-refractivity contribution is 4.83. The molecule has 1 aliphatic heterocycles. The van der Waals surface area contributed by atoms with Gasteiger partial charge in [-0.05, 0) is 25.9 Å². The summed E-state index contributed by atoms with van der Waals surface area (Å²) in [5, 5.41) is 0. The van der Waals surface area contributed by atoms with E-state index < -0.39 is 18.4 Å². The summed E-state index contributed by atoms with van der Waals surface area (Å²) in [5.74, 6) is -3.21. The van der Waals surface area contributed by atoms with Crippen molar-refractivity contribution in [1.29, 1.82) is 0 Å². The largest absolute Gasteiger partial charge is 0.325 e. The fourth-order valence-corrected chi connectivity index (χ4v) is 1.85. The summed E-state index contributed by atoms with van der Waals surface area (Å²) in [6.45, 7) is 3.80. The predicted molar refractivity (Wildman–Crippen MR) is 48.8 cm³/mol. The van der Waals surface area contributed by atoms with Gasteiger partial charge in [-0.2, -0.15) is 0 Å². The number of nitrogens with two attached hydrogens (primary N) is 1. The van der Waals surface area contributed by atoms with Gasteiger partial charge in [0.1, 0.15) is 0 Å². The Kier molecular flexibility index (Phi) is 3.62. The number of halogens is 2. The SMILES string of the molecule is CCN1CCCC(C(F)(F)CN)C1. The Morgan fingerprint density at radius 3 is 2.77 bits per heavy atom. The molecule has 1 fully saturated rings. The number of piperidine rings is 1. The van der Waals surface area contributed by atoms with E-state index in [2.05, 4.69) is 4.90 Å². The first-order valence-electron chi connectivity index (χ1n) is 4.90. The van der Waals surface area contributed by atoms with E-state index in [9.17, 15) is 8.78 Å². The molecule has 0 aromatic carbocycles. The first-order chi connectivity index (χ1) is 6.10. The fraction of sp³-hybridized carbons (Fsp3) is 1.00. The van der Waals surface area contributed by atoms with Crippen LogP contribution in [0.4, 0.5) is 8.78 Å². The first-order valence-corrected chi connectivity index (χ1v) is 4.90. The molecule has 4 heteroatoms. The van der Waals surface area contributed by atoms with Gasteiger partial charge in [0.2, 0.25) is 0 Å². The van der Waals surface area contributed by atoms with Crippen LogP contribution in [0.2, 0.25) is 0 Å². The molecule has 13 heavy (non-hydrogen) atoms. The maximum absolute atomic E-state index is 13.2. The number of hydrogen-bond donors (Lipinski definition) is 1. The zero-order chi connectivity index (χ0) is 9.90. The quantitative estimate of drug-likeness (QED) is 0.730. The van der Waals surface area contributed by atoms with Crippen LogP contribution in [-0.2, 0) is 0 Å². The Labute approximate surface area is 78.1 Å². The summed E-state index contributed by atoms with van der Waals surface area (Å²) in [7, 11) is 0. The Morgan fingerprint density at radius 1 is 1.54 bits per heavy atom. The molecule has 1 saturated heterocycles. The van der Waals surface area contributed by atoms with E-state index in [-0.39, 0.29) is 0 Å². The first kappa shape index (κ1) is 10.9. The van der Waals surface area contributed by atoms with Crippen molar-refractivity contribution in [3.05, 3.63) is 0 Å². The molecule has 78 valence electrons. The maximum Gasteiger partial charge on any atom is 0.264 e. The second kappa shape index (κ2) is 4.33. The van der Waals surface area contributed by atoms with E-state index in [4.69, 9.17) is 5.73 Å². The highest BCUT2D eigenvalue weighted by Gasteiger charge is 2.39. The van der Waals surface area contributed by atoms with E-state index in [1.165, 1.54) is 0 Å². The summed E-state index contributed by atoms with van der Waals surface area (Å²) in [6.07, 6.45) is 1.48. The van der Waals surface area contributed by atoms with E-state index >= 15 is 0 Å². The molecule has 0 amide bonds. The predicted octanol–water partition coefficient (Wildman–Crippen LogP) is 1.31. The lowest BCUT2D eigenvalue weighted by molar-refractivity contribution is -0.0733. The van der Waals surface area contributed by atoms with Crippen molar-refractivity contribution >= 4 is 0 Å². The lowest BCUT2D eigenvalue weighted by Crippen LogP contribution is -2.46. The second-order valence-corrected chi connectivity index (χ2v) is 3.70. The molecule has 2 nitrogen and oxygen atoms in total. The van der Waals surface area contributed by atoms with E-state index in [0.29, 0.717) is 13.0 Å². The minimum atomic E-state index is -2.67. The number of likely N-dealkylation sites (tertiary alicyclic amines) is 1. The molecule has 2 N–H and O–H groups in total. The number of nitrogens with zero attached hydrogens (tertiary/aromatic N) is 1. The van der Waals surface area contributed by atoms with Crippen molar-refractivity contribution in [2.45, 2.75) is 25.7 Å². The van der Waals surface area contributed by atoms with Crippen LogP contribution < -0.4 is 5.73 Å². The molecule has 0 radical (unpaired) electrons. The standard InChI is InChI=1S/C9H18F2N2/c1-2-13-5-3-4-8(6-13)9(10,11)7-12/h8H,2-7,12H2,1H3. The van der Waals surface area contributed by atoms with Gasteiger partial charge in [0.05, 0.1) is 6.54 Å². The molecular weight excluding hydrogens is 174 g/mol. The van der Waals surface area contributed by atoms with Gasteiger partial charge in [0.25, 0.3) is 5.92 Å². The molecule has 0 aromatic rings. The molecule has 0 saturated carbocycles. The highest BCUT2D eigenvalue weighted by Crippen LogP contribution is 2.30. The highest BCUT2D eigenvalue weighted by atomic mass is 19.3. The van der Waals surface area contributed by atoms with E-state index in [1.807, 2.05) is 6.92 Å². The van der Waals surface area contributed by atoms with Crippen molar-refractivity contribution in [2.24, 2.45) is 11.7 Å². The van der Waals surface area contributed by atoms with Crippen LogP contribution in [0.1, 0.15) is 19.8 Å². The third kappa shape index (κ3) is 2.61. The van der Waals surface area contributed by atoms with Gasteiger partial charge in [-0.25, -0.2) is 8.78 Å². The van der Waals surface area contributed by atoms with Crippen LogP contribution in [0.5, 0.6) is 0 Å². The Morgan fingerprint density at radius 2 is 2.23 bits per heavy atom. The van der Waals surface area contributed by atoms with Gasteiger partial charge >= 0.3 is 0 Å². The topological polar surface area (TPSA) is 29.3 Å². The molecule has 1 heterocycles. The van der Waals surface area contributed by atoms with Crippen molar-refractivity contribution in [3.8, 4) is 0 Å². The lowest BCUT2D eigenvalue weighted by atomic mass is 9.92. The third-order valence-corrected chi connectivity index (χ3v) is 2.82. The zero-order valence-corrected chi connectivity index (χ0v) is 8.10. The summed E-state index contributed by atoms with van der Waals surface area (Å²) < 4.78 is 26.4. The van der Waals surface area contributed by atoms with Gasteiger partial charge in [-0.15, -0.1) is 0 Å². The molecular formula is C9H18F2N2. The molecule has 1 unspecified atom stereocenters. The van der Waals surface area contributed by atoms with Crippen LogP contribution in [0.15, 0.2) is 0 Å². The Balaban J connectivity index is 2.50. The number of alkyl halides is 2. The molecule has 1 aliphatic rings. The van der Waals surface area contributed by atoms with Crippen molar-refractivity contribution in [3.63, 3.8) is 0 Å². The third-order valence-electron chi connectivity index (χ3n) is 2.82. The fourth-order valence-electron chi connectivity index (χ4n) is 1.85. The minimum absolute atomic E-state index is 0.501. The number of hydrogen-bond acceptors (Lipinski definition) is 2. The van der Waals surface area contributed by atoms with Crippen LogP contribution in [-0.4, -0.2) is 37.0 Å². The van der Waals surface area contributed by atoms with Gasteiger partial charge in [-0.1, -0.05) is 6.92 Å². The smallest absolute Gasteiger partial charge is 0.264 e. The van der Waals surface area contributed by atoms with Gasteiger partial charge in [0.15, 0.2) is 0 Å².